The highest BCUT2D eigenvalue weighted by molar-refractivity contribution is 7.93. The van der Waals surface area contributed by atoms with Gasteiger partial charge in [-0.05, 0) is 24.3 Å². The van der Waals surface area contributed by atoms with E-state index in [1.165, 1.54) is 36.8 Å². The molecule has 2 heterocycles. The number of hydrogen-bond donors (Lipinski definition) is 3. The molecule has 0 amide bonds. The van der Waals surface area contributed by atoms with Crippen LogP contribution in [0.1, 0.15) is 15.9 Å². The molecule has 11 heteroatoms. The number of halogens is 2. The molecule has 4 rings (SSSR count). The third-order valence-corrected chi connectivity index (χ3v) is 6.64. The van der Waals surface area contributed by atoms with Crippen LogP contribution in [0, 0.1) is 0 Å². The molecule has 0 aliphatic heterocycles. The Labute approximate surface area is 181 Å². The fraction of sp³-hybridized carbons (Fsp3) is 0. The minimum absolute atomic E-state index is 0.0171. The number of sulfonamides is 1. The number of nitrogens with two attached hydrogens (primary N) is 1. The fourth-order valence-corrected chi connectivity index (χ4v) is 5.19. The molecular weight excluding hydrogens is 449 g/mol. The Morgan fingerprint density at radius 1 is 1.07 bits per heavy atom. The molecule has 4 aromatic rings. The second-order valence-electron chi connectivity index (χ2n) is 6.25. The van der Waals surface area contributed by atoms with Crippen molar-refractivity contribution in [1.82, 2.24) is 15.0 Å². The first-order chi connectivity index (χ1) is 14.3. The Bertz CT molecular complexity index is 1380. The van der Waals surface area contributed by atoms with E-state index in [1.54, 1.807) is 18.2 Å². The second-order valence-corrected chi connectivity index (χ2v) is 8.68. The minimum atomic E-state index is -4.08. The van der Waals surface area contributed by atoms with E-state index in [9.17, 15) is 13.2 Å². The Morgan fingerprint density at radius 2 is 1.77 bits per heavy atom. The average Bonchev–Trinajstić information content (AvgIpc) is 3.12. The van der Waals surface area contributed by atoms with Gasteiger partial charge in [-0.2, -0.15) is 0 Å². The average molecular weight is 462 g/mol. The van der Waals surface area contributed by atoms with Crippen molar-refractivity contribution in [1.29, 1.82) is 0 Å². The molecule has 2 aromatic carbocycles. The summed E-state index contributed by atoms with van der Waals surface area (Å²) in [6.07, 6.45) is 2.77. The van der Waals surface area contributed by atoms with Crippen LogP contribution in [0.25, 0.3) is 11.0 Å². The maximum Gasteiger partial charge on any atom is 0.264 e. The molecule has 0 saturated heterocycles. The first-order valence-corrected chi connectivity index (χ1v) is 10.7. The number of nitrogens with zero attached hydrogens (tertiary/aromatic N) is 2. The molecule has 8 nitrogen and oxygen atoms in total. The largest absolute Gasteiger partial charge is 0.383 e. The van der Waals surface area contributed by atoms with Crippen LogP contribution in [0.4, 0.5) is 11.5 Å². The van der Waals surface area contributed by atoms with E-state index in [0.29, 0.717) is 11.0 Å². The summed E-state index contributed by atoms with van der Waals surface area (Å²) in [5.41, 5.74) is 6.99. The van der Waals surface area contributed by atoms with Crippen LogP contribution in [0.3, 0.4) is 0 Å². The van der Waals surface area contributed by atoms with E-state index < -0.39 is 10.0 Å². The van der Waals surface area contributed by atoms with Gasteiger partial charge in [0.25, 0.3) is 10.0 Å². The molecule has 4 N–H and O–H groups in total. The molecular formula is C19H13Cl2N5O3S. The molecule has 0 atom stereocenters. The Balaban J connectivity index is 1.70. The third-order valence-electron chi connectivity index (χ3n) is 4.31. The maximum atomic E-state index is 13.0. The number of fused-ring (bicyclic) bond motifs is 1. The Kier molecular flexibility index (Phi) is 5.10. The molecule has 152 valence electrons. The quantitative estimate of drug-likeness (QED) is 0.386. The number of anilines is 2. The normalized spacial score (nSPS) is 11.5. The van der Waals surface area contributed by atoms with Crippen molar-refractivity contribution in [3.8, 4) is 0 Å². The monoisotopic (exact) mass is 461 g/mol. The SMILES string of the molecule is Nc1ncnc2[nH]cc(C(=O)c3cccc(NS(=O)(=O)c4c(Cl)cccc4Cl)c3)c12. The highest BCUT2D eigenvalue weighted by Gasteiger charge is 2.23. The fourth-order valence-electron chi connectivity index (χ4n) is 2.99. The van der Waals surface area contributed by atoms with Gasteiger partial charge in [-0.1, -0.05) is 41.4 Å². The highest BCUT2D eigenvalue weighted by Crippen LogP contribution is 2.31. The van der Waals surface area contributed by atoms with Gasteiger partial charge in [0.2, 0.25) is 0 Å². The Morgan fingerprint density at radius 3 is 2.50 bits per heavy atom. The van der Waals surface area contributed by atoms with Gasteiger partial charge >= 0.3 is 0 Å². The number of aromatic nitrogens is 3. The zero-order chi connectivity index (χ0) is 21.5. The van der Waals surface area contributed by atoms with Crippen LogP contribution in [0.2, 0.25) is 10.0 Å². The van der Waals surface area contributed by atoms with E-state index in [4.69, 9.17) is 28.9 Å². The van der Waals surface area contributed by atoms with Gasteiger partial charge in [-0.3, -0.25) is 9.52 Å². The van der Waals surface area contributed by atoms with Crippen LogP contribution in [-0.4, -0.2) is 29.2 Å². The molecule has 0 radical (unpaired) electrons. The summed E-state index contributed by atoms with van der Waals surface area (Å²) < 4.78 is 27.9. The lowest BCUT2D eigenvalue weighted by atomic mass is 10.0. The van der Waals surface area contributed by atoms with Gasteiger partial charge in [0.1, 0.15) is 22.7 Å². The molecule has 0 aliphatic carbocycles. The van der Waals surface area contributed by atoms with Crippen molar-refractivity contribution in [2.45, 2.75) is 4.90 Å². The zero-order valence-electron chi connectivity index (χ0n) is 15.1. The van der Waals surface area contributed by atoms with Gasteiger partial charge in [-0.25, -0.2) is 18.4 Å². The van der Waals surface area contributed by atoms with Crippen molar-refractivity contribution in [2.75, 3.05) is 10.5 Å². The second kappa shape index (κ2) is 7.60. The molecule has 0 unspecified atom stereocenters. The summed E-state index contributed by atoms with van der Waals surface area (Å²) in [5, 5.41) is 0.365. The topological polar surface area (TPSA) is 131 Å². The highest BCUT2D eigenvalue weighted by atomic mass is 35.5. The number of nitrogen functional groups attached to an aromatic ring is 1. The van der Waals surface area contributed by atoms with Crippen LogP contribution in [-0.2, 0) is 10.0 Å². The lowest BCUT2D eigenvalue weighted by Gasteiger charge is -2.11. The predicted molar refractivity (Wildman–Crippen MR) is 115 cm³/mol. The standard InChI is InChI=1S/C19H13Cl2N5O3S/c20-13-5-2-6-14(21)17(13)30(28,29)26-11-4-1-3-10(7-11)16(27)12-8-23-19-15(12)18(22)24-9-25-19/h1-9,26H,(H3,22,23,24,25). The first kappa shape index (κ1) is 20.1. The summed E-state index contributed by atoms with van der Waals surface area (Å²) in [5.74, 6) is -0.214. The number of carbonyl (C=O) groups excluding carboxylic acids is 1. The minimum Gasteiger partial charge on any atom is -0.383 e. The Hall–Kier alpha value is -3.14. The predicted octanol–water partition coefficient (Wildman–Crippen LogP) is 3.88. The summed E-state index contributed by atoms with van der Waals surface area (Å²) in [4.78, 5) is 23.6. The van der Waals surface area contributed by atoms with Gasteiger partial charge < -0.3 is 10.7 Å². The van der Waals surface area contributed by atoms with E-state index in [-0.39, 0.29) is 43.4 Å². The molecule has 0 fully saturated rings. The number of rotatable bonds is 5. The van der Waals surface area contributed by atoms with Crippen LogP contribution in [0.15, 0.2) is 59.9 Å². The van der Waals surface area contributed by atoms with Crippen molar-refractivity contribution in [2.24, 2.45) is 0 Å². The van der Waals surface area contributed by atoms with E-state index in [0.717, 1.165) is 0 Å². The van der Waals surface area contributed by atoms with Crippen LogP contribution >= 0.6 is 23.2 Å². The molecule has 0 bridgehead atoms. The van der Waals surface area contributed by atoms with Crippen molar-refractivity contribution >= 4 is 61.5 Å². The number of hydrogen-bond acceptors (Lipinski definition) is 6. The number of carbonyl (C=O) groups is 1. The summed E-state index contributed by atoms with van der Waals surface area (Å²) in [6.45, 7) is 0. The van der Waals surface area contributed by atoms with Crippen molar-refractivity contribution < 1.29 is 13.2 Å². The number of nitrogens with one attached hydrogen (secondary N) is 2. The molecule has 2 aromatic heterocycles. The third kappa shape index (κ3) is 3.58. The lowest BCUT2D eigenvalue weighted by molar-refractivity contribution is 0.104. The van der Waals surface area contributed by atoms with Gasteiger partial charge in [0.05, 0.1) is 21.0 Å². The van der Waals surface area contributed by atoms with Crippen LogP contribution in [0.5, 0.6) is 0 Å². The van der Waals surface area contributed by atoms with Gasteiger partial charge in [-0.15, -0.1) is 0 Å². The van der Waals surface area contributed by atoms with E-state index >= 15 is 0 Å². The number of H-pyrrole nitrogens is 1. The first-order valence-electron chi connectivity index (χ1n) is 8.47. The van der Waals surface area contributed by atoms with Gasteiger partial charge in [0.15, 0.2) is 5.78 Å². The maximum absolute atomic E-state index is 13.0. The van der Waals surface area contributed by atoms with E-state index in [1.807, 2.05) is 0 Å². The number of aromatic amines is 1. The van der Waals surface area contributed by atoms with Crippen molar-refractivity contribution in [3.05, 3.63) is 76.2 Å². The summed E-state index contributed by atoms with van der Waals surface area (Å²) in [6, 6.07) is 10.4. The summed E-state index contributed by atoms with van der Waals surface area (Å²) in [7, 11) is -4.08. The zero-order valence-corrected chi connectivity index (χ0v) is 17.4. The van der Waals surface area contributed by atoms with Gasteiger partial charge in [0, 0.05) is 17.4 Å². The molecule has 0 aliphatic rings. The van der Waals surface area contributed by atoms with E-state index in [2.05, 4.69) is 19.7 Å². The number of benzene rings is 2. The smallest absolute Gasteiger partial charge is 0.264 e. The molecule has 30 heavy (non-hydrogen) atoms. The van der Waals surface area contributed by atoms with Crippen molar-refractivity contribution in [3.63, 3.8) is 0 Å². The number of ketones is 1. The van der Waals surface area contributed by atoms with Crippen LogP contribution < -0.4 is 10.5 Å². The lowest BCUT2D eigenvalue weighted by Crippen LogP contribution is -2.14. The molecule has 0 spiro atoms. The summed E-state index contributed by atoms with van der Waals surface area (Å²) >= 11 is 12.0. The molecule has 0 saturated carbocycles.